The van der Waals surface area contributed by atoms with Gasteiger partial charge in [0.25, 0.3) is 5.91 Å². The van der Waals surface area contributed by atoms with Gasteiger partial charge >= 0.3 is 12.2 Å². The highest BCUT2D eigenvalue weighted by molar-refractivity contribution is 14.2. The molecule has 0 aliphatic carbocycles. The van der Waals surface area contributed by atoms with E-state index in [0.29, 0.717) is 22.3 Å². The molecule has 2 aliphatic rings. The number of ether oxygens (including phenoxy) is 3. The zero-order valence-corrected chi connectivity index (χ0v) is 34.3. The molecule has 1 saturated heterocycles. The highest BCUT2D eigenvalue weighted by Gasteiger charge is 2.42. The molecule has 0 saturated carbocycles. The first-order valence-corrected chi connectivity index (χ1v) is 21.3. The zero-order valence-electron chi connectivity index (χ0n) is 30.5. The van der Waals surface area contributed by atoms with Crippen LogP contribution in [0.1, 0.15) is 76.7 Å². The Kier molecular flexibility index (Phi) is 11.0. The van der Waals surface area contributed by atoms with Gasteiger partial charge in [-0.15, -0.1) is 11.3 Å². The van der Waals surface area contributed by atoms with Crippen LogP contribution in [0.15, 0.2) is 36.4 Å². The molecule has 14 heteroatoms. The van der Waals surface area contributed by atoms with Crippen molar-refractivity contribution in [2.24, 2.45) is 0 Å². The third-order valence-corrected chi connectivity index (χ3v) is 10.7. The van der Waals surface area contributed by atoms with E-state index in [1.165, 1.54) is 25.2 Å². The number of piperidine rings is 1. The minimum atomic E-state index is -0.824. The maximum atomic E-state index is 14.3. The number of hydrogen-bond donors (Lipinski definition) is 0. The van der Waals surface area contributed by atoms with E-state index >= 15 is 0 Å². The highest BCUT2D eigenvalue weighted by Crippen LogP contribution is 2.45. The summed E-state index contributed by atoms with van der Waals surface area (Å²) >= 11 is 3.38. The molecule has 0 radical (unpaired) electrons. The van der Waals surface area contributed by atoms with E-state index in [2.05, 4.69) is 37.3 Å². The van der Waals surface area contributed by atoms with E-state index in [-0.39, 0.29) is 17.5 Å². The maximum absolute atomic E-state index is 14.3. The van der Waals surface area contributed by atoms with Gasteiger partial charge in [-0.05, 0) is 118 Å². The summed E-state index contributed by atoms with van der Waals surface area (Å²) in [6.45, 7) is 14.0. The first-order chi connectivity index (χ1) is 24.6. The number of methoxy groups -OCH3 is 1. The van der Waals surface area contributed by atoms with Gasteiger partial charge in [0, 0.05) is 62.4 Å². The van der Waals surface area contributed by atoms with Crippen LogP contribution in [0.5, 0.6) is 0 Å². The summed E-state index contributed by atoms with van der Waals surface area (Å²) in [6, 6.07) is 11.0. The fraction of sp³-hybridized carbons (Fsp3) is 0.447. The number of benzene rings is 1. The molecule has 1 atom stereocenters. The molecule has 0 N–H and O–H groups in total. The van der Waals surface area contributed by atoms with E-state index in [0.717, 1.165) is 58.0 Å². The smallest absolute Gasteiger partial charge is 0.417 e. The molecule has 11 nitrogen and oxygen atoms in total. The number of carbonyl (C=O) groups is 3. The molecule has 0 bridgehead atoms. The van der Waals surface area contributed by atoms with Crippen LogP contribution >= 0.6 is 41.5 Å². The van der Waals surface area contributed by atoms with Gasteiger partial charge in [0.05, 0.1) is 35.6 Å². The Morgan fingerprint density at radius 3 is 2.33 bits per heavy atom. The van der Waals surface area contributed by atoms with Gasteiger partial charge in [-0.25, -0.2) is 24.5 Å². The van der Waals surface area contributed by atoms with Crippen LogP contribution in [-0.4, -0.2) is 83.1 Å². The molecule has 0 spiro atoms. The molecule has 3 aromatic heterocycles. The number of halogens is 1. The number of nitrogens with zero attached hydrogens (tertiary/aromatic N) is 5. The second-order valence-corrected chi connectivity index (χ2v) is 17.6. The molecular formula is C38H42IN5O6S2. The van der Waals surface area contributed by atoms with Gasteiger partial charge in [0.1, 0.15) is 27.6 Å². The fourth-order valence-electron chi connectivity index (χ4n) is 6.43. The minimum Gasteiger partial charge on any atom is -0.443 e. The molecule has 5 heterocycles. The largest absolute Gasteiger partial charge is 0.443 e. The quantitative estimate of drug-likeness (QED) is 0.146. The van der Waals surface area contributed by atoms with Crippen LogP contribution in [0.25, 0.3) is 32.2 Å². The van der Waals surface area contributed by atoms with Crippen molar-refractivity contribution >= 4 is 92.1 Å². The van der Waals surface area contributed by atoms with Crippen LogP contribution in [0.2, 0.25) is 0 Å². The summed E-state index contributed by atoms with van der Waals surface area (Å²) in [4.78, 5) is 56.8. The Balaban J connectivity index is 1.49. The SMILES string of the molecule is COC1CCN(c2cc(-c3ccc4c(ccc5sc6c(c54)N(C(=O)OC(C)(C)C)C[C@@H](C)N(C(=O)OC(C)(C)C)C6=O)n3)cc(C#CSI)n2)CC1. The molecule has 1 fully saturated rings. The lowest BCUT2D eigenvalue weighted by molar-refractivity contribution is 0.0182. The van der Waals surface area contributed by atoms with Crippen molar-refractivity contribution in [3.8, 4) is 22.4 Å². The number of aromatic nitrogens is 2. The Bertz CT molecular complexity index is 2110. The number of thiophene rings is 1. The van der Waals surface area contributed by atoms with Crippen LogP contribution < -0.4 is 9.80 Å². The van der Waals surface area contributed by atoms with Gasteiger partial charge < -0.3 is 19.1 Å². The lowest BCUT2D eigenvalue weighted by Gasteiger charge is -2.32. The van der Waals surface area contributed by atoms with Crippen molar-refractivity contribution in [2.75, 3.05) is 36.5 Å². The molecule has 4 aromatic rings. The Hall–Kier alpha value is -3.65. The molecule has 2 aliphatic heterocycles. The third-order valence-electron chi connectivity index (χ3n) is 8.70. The maximum Gasteiger partial charge on any atom is 0.417 e. The first kappa shape index (κ1) is 38.1. The molecule has 3 amide bonds. The van der Waals surface area contributed by atoms with Crippen LogP contribution in [-0.2, 0) is 14.2 Å². The lowest BCUT2D eigenvalue weighted by atomic mass is 10.0. The Labute approximate surface area is 324 Å². The minimum absolute atomic E-state index is 0.0152. The van der Waals surface area contributed by atoms with Crippen molar-refractivity contribution < 1.29 is 28.6 Å². The number of pyridine rings is 2. The van der Waals surface area contributed by atoms with Crippen molar-refractivity contribution in [3.05, 3.63) is 47.0 Å². The summed E-state index contributed by atoms with van der Waals surface area (Å²) in [5.74, 6) is 3.47. The van der Waals surface area contributed by atoms with E-state index in [1.807, 2.05) is 36.4 Å². The van der Waals surface area contributed by atoms with Gasteiger partial charge in [-0.3, -0.25) is 9.69 Å². The van der Waals surface area contributed by atoms with Crippen LogP contribution in [0.4, 0.5) is 21.1 Å². The van der Waals surface area contributed by atoms with Gasteiger partial charge in [0.2, 0.25) is 0 Å². The normalized spacial score (nSPS) is 17.1. The highest BCUT2D eigenvalue weighted by atomic mass is 127. The summed E-state index contributed by atoms with van der Waals surface area (Å²) < 4.78 is 17.9. The number of amides is 3. The zero-order chi connectivity index (χ0) is 37.5. The Morgan fingerprint density at radius 2 is 1.67 bits per heavy atom. The Morgan fingerprint density at radius 1 is 0.981 bits per heavy atom. The summed E-state index contributed by atoms with van der Waals surface area (Å²) in [5, 5.41) is 4.51. The fourth-order valence-corrected chi connectivity index (χ4v) is 8.07. The van der Waals surface area contributed by atoms with Crippen molar-refractivity contribution in [3.63, 3.8) is 0 Å². The van der Waals surface area contributed by atoms with Crippen molar-refractivity contribution in [2.45, 2.75) is 84.7 Å². The summed E-state index contributed by atoms with van der Waals surface area (Å²) in [6.07, 6.45) is 0.693. The first-order valence-electron chi connectivity index (χ1n) is 17.1. The van der Waals surface area contributed by atoms with E-state index in [9.17, 15) is 14.4 Å². The van der Waals surface area contributed by atoms with Crippen molar-refractivity contribution in [1.82, 2.24) is 14.9 Å². The third kappa shape index (κ3) is 8.12. The van der Waals surface area contributed by atoms with Gasteiger partial charge in [-0.1, -0.05) is 0 Å². The van der Waals surface area contributed by atoms with E-state index < -0.39 is 35.3 Å². The second-order valence-electron chi connectivity index (χ2n) is 14.9. The number of imide groups is 1. The predicted octanol–water partition coefficient (Wildman–Crippen LogP) is 9.04. The molecule has 52 heavy (non-hydrogen) atoms. The van der Waals surface area contributed by atoms with E-state index in [4.69, 9.17) is 24.2 Å². The molecular weight excluding hydrogens is 813 g/mol. The standard InChI is InChI=1S/C38H42IN5O6S2/c1-22-21-43(35(46)49-37(2,3)4)32-31-26-9-10-27(23-19-24(15-18-51-39)40-30(20-23)42-16-13-25(48-8)14-17-42)41-28(26)11-12-29(31)52-33(32)34(45)44(22)36(47)50-38(5,6)7/h9-12,19-20,22,25H,13-14,16-17,21H2,1-8H3/t22-/m1/s1. The summed E-state index contributed by atoms with van der Waals surface area (Å²) in [7, 11) is 3.16. The number of hydrogen-bond acceptors (Lipinski definition) is 11. The van der Waals surface area contributed by atoms with Gasteiger partial charge in [0.15, 0.2) is 0 Å². The molecule has 6 rings (SSSR count). The monoisotopic (exact) mass is 855 g/mol. The van der Waals surface area contributed by atoms with E-state index in [1.54, 1.807) is 55.6 Å². The second kappa shape index (κ2) is 15.0. The van der Waals surface area contributed by atoms with Crippen molar-refractivity contribution in [1.29, 1.82) is 0 Å². The van der Waals surface area contributed by atoms with Crippen LogP contribution in [0, 0.1) is 11.2 Å². The molecule has 1 aromatic carbocycles. The number of fused-ring (bicyclic) bond motifs is 5. The van der Waals surface area contributed by atoms with Gasteiger partial charge in [-0.2, -0.15) is 0 Å². The predicted molar refractivity (Wildman–Crippen MR) is 217 cm³/mol. The lowest BCUT2D eigenvalue weighted by Crippen LogP contribution is -2.49. The van der Waals surface area contributed by atoms with Crippen LogP contribution in [0.3, 0.4) is 0 Å². The summed E-state index contributed by atoms with van der Waals surface area (Å²) in [5.41, 5.74) is 1.72. The average molecular weight is 856 g/mol. The molecule has 0 unspecified atom stereocenters. The number of rotatable bonds is 3. The topological polar surface area (TPSA) is 114 Å². The number of anilines is 2. The average Bonchev–Trinajstić information content (AvgIpc) is 3.43. The number of carbonyl (C=O) groups excluding carboxylic acids is 3. The molecule has 274 valence electrons.